The van der Waals surface area contributed by atoms with Crippen molar-refractivity contribution in [3.63, 3.8) is 0 Å². The number of fused-ring (bicyclic) bond motifs is 1. The Balaban J connectivity index is 1.26. The zero-order chi connectivity index (χ0) is 30.5. The predicted octanol–water partition coefficient (Wildman–Crippen LogP) is 5.62. The van der Waals surface area contributed by atoms with E-state index in [-0.39, 0.29) is 22.9 Å². The summed E-state index contributed by atoms with van der Waals surface area (Å²) in [4.78, 5) is 20.4. The second kappa shape index (κ2) is 11.2. The Bertz CT molecular complexity index is 1920. The van der Waals surface area contributed by atoms with E-state index >= 15 is 0 Å². The maximum atomic E-state index is 11.9. The van der Waals surface area contributed by atoms with Crippen LogP contribution in [-0.4, -0.2) is 62.7 Å². The van der Waals surface area contributed by atoms with Gasteiger partial charge in [0.2, 0.25) is 5.89 Å². The zero-order valence-electron chi connectivity index (χ0n) is 24.6. The summed E-state index contributed by atoms with van der Waals surface area (Å²) < 4.78 is 30.8. The molecule has 1 aliphatic rings. The van der Waals surface area contributed by atoms with E-state index in [1.165, 1.54) is 11.8 Å². The average molecular weight is 621 g/mol. The lowest BCUT2D eigenvalue weighted by Crippen LogP contribution is -2.57. The summed E-state index contributed by atoms with van der Waals surface area (Å²) in [7, 11) is -3.03. The van der Waals surface area contributed by atoms with E-state index in [0.717, 1.165) is 22.2 Å². The van der Waals surface area contributed by atoms with Crippen LogP contribution in [-0.2, 0) is 16.4 Å². The van der Waals surface area contributed by atoms with E-state index in [1.807, 2.05) is 19.2 Å². The third kappa shape index (κ3) is 6.07. The second-order valence-corrected chi connectivity index (χ2v) is 14.0. The number of halogens is 1. The summed E-state index contributed by atoms with van der Waals surface area (Å²) >= 11 is 6.45. The van der Waals surface area contributed by atoms with Gasteiger partial charge in [-0.3, -0.25) is 4.68 Å². The number of hydrogen-bond donors (Lipinski definition) is 1. The molecule has 6 rings (SSSR count). The first kappa shape index (κ1) is 29.1. The molecular weight excluding hydrogens is 588 g/mol. The van der Waals surface area contributed by atoms with Crippen molar-refractivity contribution in [1.29, 1.82) is 0 Å². The lowest BCUT2D eigenvalue weighted by Gasteiger charge is -2.48. The van der Waals surface area contributed by atoms with Crippen molar-refractivity contribution in [3.8, 4) is 11.4 Å². The van der Waals surface area contributed by atoms with Crippen LogP contribution >= 0.6 is 11.6 Å². The van der Waals surface area contributed by atoms with E-state index in [0.29, 0.717) is 47.9 Å². The molecular formula is C30H33ClN8O3S. The van der Waals surface area contributed by atoms with Gasteiger partial charge >= 0.3 is 0 Å². The van der Waals surface area contributed by atoms with E-state index in [2.05, 4.69) is 63.2 Å². The maximum absolute atomic E-state index is 11.9. The highest BCUT2D eigenvalue weighted by molar-refractivity contribution is 7.90. The fourth-order valence-electron chi connectivity index (χ4n) is 5.59. The Morgan fingerprint density at radius 2 is 1.95 bits per heavy atom. The van der Waals surface area contributed by atoms with Gasteiger partial charge in [0.25, 0.3) is 0 Å². The molecule has 5 heterocycles. The number of aromatic nitrogens is 6. The summed E-state index contributed by atoms with van der Waals surface area (Å²) in [5.74, 6) is 2.77. The Morgan fingerprint density at radius 3 is 2.65 bits per heavy atom. The third-order valence-electron chi connectivity index (χ3n) is 7.80. The number of aryl methyl sites for hydroxylation is 1. The normalized spacial score (nSPS) is 17.0. The molecule has 0 spiro atoms. The third-order valence-corrected chi connectivity index (χ3v) is 9.11. The average Bonchev–Trinajstić information content (AvgIpc) is 3.53. The molecule has 0 saturated carbocycles. The lowest BCUT2D eigenvalue weighted by atomic mass is 9.88. The van der Waals surface area contributed by atoms with Crippen LogP contribution in [0.2, 0.25) is 5.15 Å². The maximum Gasteiger partial charge on any atom is 0.215 e. The van der Waals surface area contributed by atoms with E-state index in [4.69, 9.17) is 21.0 Å². The summed E-state index contributed by atoms with van der Waals surface area (Å²) in [6.45, 7) is 9.31. The fourth-order valence-corrected chi connectivity index (χ4v) is 6.98. The minimum Gasteiger partial charge on any atom is -0.447 e. The number of anilines is 3. The fraction of sp³-hybridized carbons (Fsp3) is 0.367. The molecule has 4 aromatic heterocycles. The number of nitrogens with one attached hydrogen (secondary N) is 1. The van der Waals surface area contributed by atoms with Crippen LogP contribution in [0.5, 0.6) is 0 Å². The summed E-state index contributed by atoms with van der Waals surface area (Å²) in [5, 5.41) is 10.1. The SMILES string of the molecule is Cc1coc(Cn2cc(-c3nccc(Nc4cc5c(C(C)C)ccc(N6C[C@H](CS(C)(=O)=O)[C@H]6C)c5cn4)n3)c(Cl)n2)n1. The van der Waals surface area contributed by atoms with Crippen LogP contribution in [0.15, 0.2) is 53.5 Å². The first-order chi connectivity index (χ1) is 20.4. The number of pyridine rings is 1. The summed E-state index contributed by atoms with van der Waals surface area (Å²) in [6, 6.07) is 8.22. The predicted molar refractivity (Wildman–Crippen MR) is 168 cm³/mol. The van der Waals surface area contributed by atoms with Gasteiger partial charge in [-0.25, -0.2) is 28.4 Å². The summed E-state index contributed by atoms with van der Waals surface area (Å²) in [6.07, 6.45) is 8.20. The van der Waals surface area contributed by atoms with Crippen LogP contribution in [0.4, 0.5) is 17.3 Å². The van der Waals surface area contributed by atoms with Gasteiger partial charge in [-0.15, -0.1) is 0 Å². The molecule has 1 aliphatic heterocycles. The molecule has 5 aromatic rings. The topological polar surface area (TPSA) is 132 Å². The van der Waals surface area contributed by atoms with Crippen LogP contribution in [0.25, 0.3) is 22.2 Å². The van der Waals surface area contributed by atoms with Gasteiger partial charge in [-0.05, 0) is 48.9 Å². The van der Waals surface area contributed by atoms with Gasteiger partial charge in [0.1, 0.15) is 34.3 Å². The zero-order valence-corrected chi connectivity index (χ0v) is 26.2. The van der Waals surface area contributed by atoms with Crippen molar-refractivity contribution in [2.45, 2.75) is 46.2 Å². The minimum absolute atomic E-state index is 0.113. The minimum atomic E-state index is -3.03. The van der Waals surface area contributed by atoms with E-state index in [9.17, 15) is 8.42 Å². The van der Waals surface area contributed by atoms with Gasteiger partial charge < -0.3 is 14.6 Å². The van der Waals surface area contributed by atoms with Crippen LogP contribution in [0, 0.1) is 12.8 Å². The monoisotopic (exact) mass is 620 g/mol. The van der Waals surface area contributed by atoms with Gasteiger partial charge in [0, 0.05) is 54.4 Å². The molecule has 43 heavy (non-hydrogen) atoms. The van der Waals surface area contributed by atoms with Crippen molar-refractivity contribution in [1.82, 2.24) is 29.7 Å². The molecule has 1 saturated heterocycles. The first-order valence-corrected chi connectivity index (χ1v) is 16.5. The lowest BCUT2D eigenvalue weighted by molar-refractivity contribution is 0.342. The number of hydrogen-bond acceptors (Lipinski definition) is 10. The highest BCUT2D eigenvalue weighted by Gasteiger charge is 2.38. The molecule has 2 atom stereocenters. The van der Waals surface area contributed by atoms with Crippen molar-refractivity contribution < 1.29 is 12.8 Å². The largest absolute Gasteiger partial charge is 0.447 e. The number of sulfone groups is 1. The van der Waals surface area contributed by atoms with Gasteiger partial charge in [-0.1, -0.05) is 31.5 Å². The molecule has 1 aromatic carbocycles. The molecule has 0 aliphatic carbocycles. The summed E-state index contributed by atoms with van der Waals surface area (Å²) in [5.41, 5.74) is 3.65. The molecule has 0 bridgehead atoms. The molecule has 0 unspecified atom stereocenters. The number of benzene rings is 1. The molecule has 13 heteroatoms. The van der Waals surface area contributed by atoms with Crippen molar-refractivity contribution in [2.75, 3.05) is 28.8 Å². The van der Waals surface area contributed by atoms with Crippen molar-refractivity contribution in [2.24, 2.45) is 5.92 Å². The van der Waals surface area contributed by atoms with E-state index in [1.54, 1.807) is 29.4 Å². The molecule has 0 radical (unpaired) electrons. The second-order valence-electron chi connectivity index (χ2n) is 11.5. The molecule has 1 N–H and O–H groups in total. The van der Waals surface area contributed by atoms with Gasteiger partial charge in [-0.2, -0.15) is 5.10 Å². The number of oxazole rings is 1. The quantitative estimate of drug-likeness (QED) is 0.221. The standard InChI is InChI=1S/C30H33ClN8O3S/c1-17(2)21-6-7-25(39-12-20(19(39)4)16-43(5,40)41)23-11-33-27(10-22(21)23)35-26-8-9-32-30(36-26)24-13-38(37-29(24)31)14-28-34-18(3)15-42-28/h6-11,13,15,17,19-20H,12,14,16H2,1-5H3,(H,32,33,35,36)/t19-,20-/m1/s1. The van der Waals surface area contributed by atoms with Crippen molar-refractivity contribution >= 4 is 49.5 Å². The van der Waals surface area contributed by atoms with Gasteiger partial charge in [0.15, 0.2) is 11.0 Å². The Kier molecular flexibility index (Phi) is 7.59. The molecule has 1 fully saturated rings. The molecule has 224 valence electrons. The van der Waals surface area contributed by atoms with Crippen LogP contribution in [0.1, 0.15) is 43.8 Å². The first-order valence-electron chi connectivity index (χ1n) is 14.1. The van der Waals surface area contributed by atoms with Crippen LogP contribution < -0.4 is 10.2 Å². The van der Waals surface area contributed by atoms with Gasteiger partial charge in [0.05, 0.1) is 17.0 Å². The highest BCUT2D eigenvalue weighted by Crippen LogP contribution is 2.39. The van der Waals surface area contributed by atoms with Crippen LogP contribution in [0.3, 0.4) is 0 Å². The Labute approximate surface area is 255 Å². The smallest absolute Gasteiger partial charge is 0.215 e. The number of nitrogens with zero attached hydrogens (tertiary/aromatic N) is 7. The van der Waals surface area contributed by atoms with E-state index < -0.39 is 9.84 Å². The Morgan fingerprint density at radius 1 is 1.14 bits per heavy atom. The molecule has 0 amide bonds. The molecule has 11 nitrogen and oxygen atoms in total. The number of rotatable bonds is 9. The van der Waals surface area contributed by atoms with Crippen molar-refractivity contribution in [3.05, 3.63) is 71.4 Å². The Hall–Kier alpha value is -4.03. The highest BCUT2D eigenvalue weighted by atomic mass is 35.5.